The number of ether oxygens (including phenoxy) is 1. The van der Waals surface area contributed by atoms with Crippen LogP contribution in [0.4, 0.5) is 13.2 Å². The minimum Gasteiger partial charge on any atom is -0.481 e. The molecule has 0 spiro atoms. The SMILES string of the molecule is CCCCC(=O)O[C@@H]1C[C@@H]2C[C@](O)(c3ccc(C(F)(F)F)cc3)CC[C@]2(C)[C@H]2CC[C@]3(C)[C@@H](C(C)CCCC(=O)O)CC[C@H]3[C@H]12. The zero-order valence-corrected chi connectivity index (χ0v) is 27.5. The van der Waals surface area contributed by atoms with E-state index in [1.54, 1.807) is 0 Å². The van der Waals surface area contributed by atoms with Crippen LogP contribution in [-0.4, -0.2) is 28.3 Å². The molecule has 2 N–H and O–H groups in total. The molecule has 1 aromatic rings. The Balaban J connectivity index is 1.41. The van der Waals surface area contributed by atoms with Gasteiger partial charge in [0.1, 0.15) is 6.10 Å². The molecule has 8 heteroatoms. The number of esters is 1. The highest BCUT2D eigenvalue weighted by Gasteiger charge is 2.64. The Bertz CT molecular complexity index is 1220. The monoisotopic (exact) mass is 634 g/mol. The molecule has 4 fully saturated rings. The number of fused-ring (bicyclic) bond motifs is 5. The van der Waals surface area contributed by atoms with E-state index in [1.165, 1.54) is 12.1 Å². The molecule has 252 valence electrons. The summed E-state index contributed by atoms with van der Waals surface area (Å²) in [6.07, 6.45) is 5.96. The molecule has 0 aromatic heterocycles. The fraction of sp³-hybridized carbons (Fsp3) is 0.784. The van der Waals surface area contributed by atoms with E-state index in [0.29, 0.717) is 61.3 Å². The summed E-state index contributed by atoms with van der Waals surface area (Å²) in [6.45, 7) is 9.15. The van der Waals surface area contributed by atoms with Crippen molar-refractivity contribution < 1.29 is 37.7 Å². The number of carboxylic acid groups (broad SMARTS) is 1. The van der Waals surface area contributed by atoms with E-state index in [0.717, 1.165) is 63.5 Å². The second-order valence-corrected chi connectivity index (χ2v) is 15.7. The fourth-order valence-electron chi connectivity index (χ4n) is 10.8. The van der Waals surface area contributed by atoms with Gasteiger partial charge in [0.2, 0.25) is 0 Å². The van der Waals surface area contributed by atoms with Crippen molar-refractivity contribution in [1.29, 1.82) is 0 Å². The number of alkyl halides is 3. The molecule has 10 atom stereocenters. The molecule has 1 unspecified atom stereocenters. The minimum atomic E-state index is -4.43. The lowest BCUT2D eigenvalue weighted by Gasteiger charge is -2.63. The van der Waals surface area contributed by atoms with Crippen molar-refractivity contribution in [3.05, 3.63) is 35.4 Å². The predicted molar refractivity (Wildman–Crippen MR) is 166 cm³/mol. The predicted octanol–water partition coefficient (Wildman–Crippen LogP) is 9.15. The van der Waals surface area contributed by atoms with E-state index in [2.05, 4.69) is 27.7 Å². The summed E-state index contributed by atoms with van der Waals surface area (Å²) in [6, 6.07) is 5.00. The van der Waals surface area contributed by atoms with E-state index in [-0.39, 0.29) is 41.2 Å². The number of carbonyl (C=O) groups is 2. The highest BCUT2D eigenvalue weighted by atomic mass is 19.4. The van der Waals surface area contributed by atoms with Gasteiger partial charge in [-0.05, 0) is 129 Å². The van der Waals surface area contributed by atoms with Gasteiger partial charge in [-0.15, -0.1) is 0 Å². The number of unbranched alkanes of at least 4 members (excludes halogenated alkanes) is 1. The normalized spacial score (nSPS) is 38.5. The van der Waals surface area contributed by atoms with Crippen molar-refractivity contribution in [3.63, 3.8) is 0 Å². The first-order chi connectivity index (χ1) is 21.1. The van der Waals surface area contributed by atoms with Crippen LogP contribution in [0, 0.1) is 46.3 Å². The van der Waals surface area contributed by atoms with Gasteiger partial charge in [-0.2, -0.15) is 13.2 Å². The molecule has 0 saturated heterocycles. The van der Waals surface area contributed by atoms with Crippen LogP contribution < -0.4 is 0 Å². The van der Waals surface area contributed by atoms with Gasteiger partial charge >= 0.3 is 18.1 Å². The lowest BCUT2D eigenvalue weighted by molar-refractivity contribution is -0.205. The topological polar surface area (TPSA) is 83.8 Å². The summed E-state index contributed by atoms with van der Waals surface area (Å²) in [4.78, 5) is 24.3. The Morgan fingerprint density at radius 1 is 0.978 bits per heavy atom. The number of carbonyl (C=O) groups excluding carboxylic acids is 1. The third-order valence-electron chi connectivity index (χ3n) is 13.3. The number of aliphatic carboxylic acids is 1. The maximum absolute atomic E-state index is 13.3. The van der Waals surface area contributed by atoms with Gasteiger partial charge in [-0.3, -0.25) is 9.59 Å². The molecule has 0 bridgehead atoms. The van der Waals surface area contributed by atoms with E-state index >= 15 is 0 Å². The third kappa shape index (κ3) is 6.56. The Labute approximate surface area is 266 Å². The van der Waals surface area contributed by atoms with Crippen LogP contribution in [0.15, 0.2) is 24.3 Å². The van der Waals surface area contributed by atoms with Gasteiger partial charge in [-0.25, -0.2) is 0 Å². The van der Waals surface area contributed by atoms with Crippen molar-refractivity contribution >= 4 is 11.9 Å². The molecular formula is C37H53F3O5. The minimum absolute atomic E-state index is 0.0539. The molecule has 0 radical (unpaired) electrons. The summed E-state index contributed by atoms with van der Waals surface area (Å²) in [5.41, 5.74) is -1.35. The zero-order valence-electron chi connectivity index (χ0n) is 27.5. The summed E-state index contributed by atoms with van der Waals surface area (Å²) in [7, 11) is 0. The van der Waals surface area contributed by atoms with Crippen LogP contribution in [0.2, 0.25) is 0 Å². The quantitative estimate of drug-likeness (QED) is 0.251. The Hall–Kier alpha value is -2.09. The number of halogens is 3. The van der Waals surface area contributed by atoms with Crippen LogP contribution in [0.1, 0.15) is 129 Å². The van der Waals surface area contributed by atoms with Gasteiger partial charge in [0.15, 0.2) is 0 Å². The zero-order chi connectivity index (χ0) is 32.8. The molecule has 4 aliphatic carbocycles. The summed E-state index contributed by atoms with van der Waals surface area (Å²) in [5, 5.41) is 21.1. The van der Waals surface area contributed by atoms with Crippen molar-refractivity contribution in [2.24, 2.45) is 46.3 Å². The van der Waals surface area contributed by atoms with Crippen molar-refractivity contribution in [2.75, 3.05) is 0 Å². The lowest BCUT2D eigenvalue weighted by atomic mass is 9.42. The molecule has 1 aromatic carbocycles. The molecule has 0 aliphatic heterocycles. The van der Waals surface area contributed by atoms with Crippen LogP contribution in [-0.2, 0) is 26.1 Å². The maximum Gasteiger partial charge on any atom is 0.416 e. The summed E-state index contributed by atoms with van der Waals surface area (Å²) in [5.74, 6) is 1.13. The van der Waals surface area contributed by atoms with Gasteiger partial charge in [0.25, 0.3) is 0 Å². The van der Waals surface area contributed by atoms with E-state index in [1.807, 2.05) is 0 Å². The van der Waals surface area contributed by atoms with Crippen LogP contribution >= 0.6 is 0 Å². The molecule has 0 heterocycles. The molecule has 4 saturated carbocycles. The Morgan fingerprint density at radius 3 is 2.31 bits per heavy atom. The highest BCUT2D eigenvalue weighted by Crippen LogP contribution is 2.69. The molecule has 5 rings (SSSR count). The average Bonchev–Trinajstić information content (AvgIpc) is 3.33. The standard InChI is InChI=1S/C37H53F3O5/c1-5-6-10-32(43)45-30-21-26-22-36(44,24-11-13-25(14-12-24)37(38,39)40)20-19-34(26,3)29-17-18-35(4)27(15-16-28(35)33(29)30)23(2)8-7-9-31(41)42/h11-14,23,26-30,33,44H,5-10,15-22H2,1-4H3,(H,41,42)/t23?,26-,27-,28+,29+,30-,33+,34+,35-,36+/m1/s1. The maximum atomic E-state index is 13.3. The van der Waals surface area contributed by atoms with Gasteiger partial charge in [-0.1, -0.05) is 46.2 Å². The number of carboxylic acids is 1. The fourth-order valence-corrected chi connectivity index (χ4v) is 10.8. The first-order valence-corrected chi connectivity index (χ1v) is 17.4. The van der Waals surface area contributed by atoms with Crippen molar-refractivity contribution in [1.82, 2.24) is 0 Å². The second kappa shape index (κ2) is 12.8. The van der Waals surface area contributed by atoms with E-state index in [4.69, 9.17) is 4.74 Å². The molecular weight excluding hydrogens is 581 g/mol. The first kappa shape index (κ1) is 34.3. The molecule has 4 aliphatic rings. The van der Waals surface area contributed by atoms with Crippen molar-refractivity contribution in [3.8, 4) is 0 Å². The largest absolute Gasteiger partial charge is 0.481 e. The smallest absolute Gasteiger partial charge is 0.416 e. The average molecular weight is 635 g/mol. The molecule has 0 amide bonds. The Kier molecular flexibility index (Phi) is 9.77. The molecule has 45 heavy (non-hydrogen) atoms. The van der Waals surface area contributed by atoms with Crippen LogP contribution in [0.25, 0.3) is 0 Å². The summed E-state index contributed by atoms with van der Waals surface area (Å²) < 4.78 is 46.2. The number of hydrogen-bond donors (Lipinski definition) is 2. The number of aliphatic hydroxyl groups is 1. The van der Waals surface area contributed by atoms with Gasteiger partial charge in [0.05, 0.1) is 11.2 Å². The molecule has 5 nitrogen and oxygen atoms in total. The second-order valence-electron chi connectivity index (χ2n) is 15.7. The number of rotatable bonds is 10. The van der Waals surface area contributed by atoms with Crippen LogP contribution in [0.3, 0.4) is 0 Å². The first-order valence-electron chi connectivity index (χ1n) is 17.4. The summed E-state index contributed by atoms with van der Waals surface area (Å²) >= 11 is 0. The third-order valence-corrected chi connectivity index (χ3v) is 13.3. The van der Waals surface area contributed by atoms with Gasteiger partial charge in [0, 0.05) is 18.8 Å². The van der Waals surface area contributed by atoms with E-state index in [9.17, 15) is 33.0 Å². The van der Waals surface area contributed by atoms with E-state index < -0.39 is 23.3 Å². The van der Waals surface area contributed by atoms with Crippen molar-refractivity contribution in [2.45, 2.75) is 135 Å². The number of hydrogen-bond acceptors (Lipinski definition) is 4. The van der Waals surface area contributed by atoms with Crippen LogP contribution in [0.5, 0.6) is 0 Å². The number of benzene rings is 1. The highest BCUT2D eigenvalue weighted by molar-refractivity contribution is 5.69. The lowest BCUT2D eigenvalue weighted by Crippen LogP contribution is -2.60. The Morgan fingerprint density at radius 2 is 1.67 bits per heavy atom. The van der Waals surface area contributed by atoms with Gasteiger partial charge < -0.3 is 14.9 Å².